The van der Waals surface area contributed by atoms with Gasteiger partial charge in [-0.05, 0) is 5.56 Å². The van der Waals surface area contributed by atoms with Gasteiger partial charge in [-0.15, -0.1) is 5.10 Å². The molecule has 2 aromatic rings. The summed E-state index contributed by atoms with van der Waals surface area (Å²) in [5.74, 6) is 0.628. The summed E-state index contributed by atoms with van der Waals surface area (Å²) in [5.41, 5.74) is 0.730. The highest BCUT2D eigenvalue weighted by Gasteiger charge is 2.21. The van der Waals surface area contributed by atoms with Crippen molar-refractivity contribution in [2.24, 2.45) is 0 Å². The van der Waals surface area contributed by atoms with Gasteiger partial charge in [0.15, 0.2) is 0 Å². The van der Waals surface area contributed by atoms with E-state index in [4.69, 9.17) is 0 Å². The van der Waals surface area contributed by atoms with Crippen molar-refractivity contribution in [2.75, 3.05) is 0 Å². The van der Waals surface area contributed by atoms with Crippen LogP contribution in [0.3, 0.4) is 0 Å². The zero-order valence-corrected chi connectivity index (χ0v) is 11.1. The van der Waals surface area contributed by atoms with Crippen molar-refractivity contribution in [1.82, 2.24) is 15.2 Å². The molecule has 1 aromatic heterocycles. The van der Waals surface area contributed by atoms with E-state index in [9.17, 15) is 8.42 Å². The molecule has 0 spiro atoms. The lowest BCUT2D eigenvalue weighted by atomic mass is 10.2. The maximum atomic E-state index is 12.1. The topological polar surface area (TPSA) is 75.7 Å². The minimum Gasteiger partial charge on any atom is -0.262 e. The number of H-pyrrole nitrogens is 1. The lowest BCUT2D eigenvalue weighted by molar-refractivity contribution is 0.586. The quantitative estimate of drug-likeness (QED) is 0.916. The van der Waals surface area contributed by atoms with Gasteiger partial charge in [-0.25, -0.2) is 13.4 Å². The van der Waals surface area contributed by atoms with E-state index in [1.807, 2.05) is 32.0 Å². The smallest absolute Gasteiger partial charge is 0.262 e. The van der Waals surface area contributed by atoms with Gasteiger partial charge in [0.1, 0.15) is 5.82 Å². The summed E-state index contributed by atoms with van der Waals surface area (Å²) >= 11 is 0. The van der Waals surface area contributed by atoms with Crippen LogP contribution < -0.4 is 0 Å². The average Bonchev–Trinajstić information content (AvgIpc) is 2.79. The number of hydrogen-bond donors (Lipinski definition) is 1. The molecule has 1 heterocycles. The van der Waals surface area contributed by atoms with E-state index in [0.717, 1.165) is 5.56 Å². The molecule has 0 aliphatic heterocycles. The lowest BCUT2D eigenvalue weighted by Gasteiger charge is -2.00. The third-order valence-electron chi connectivity index (χ3n) is 2.51. The van der Waals surface area contributed by atoms with Crippen LogP contribution in [0.25, 0.3) is 0 Å². The predicted molar refractivity (Wildman–Crippen MR) is 67.8 cm³/mol. The molecule has 6 heteroatoms. The van der Waals surface area contributed by atoms with E-state index in [-0.39, 0.29) is 16.8 Å². The lowest BCUT2D eigenvalue weighted by Crippen LogP contribution is -2.07. The number of rotatable bonds is 4. The molecule has 0 aliphatic rings. The molecule has 0 fully saturated rings. The minimum atomic E-state index is -3.48. The van der Waals surface area contributed by atoms with Crippen LogP contribution in [0, 0.1) is 0 Å². The highest BCUT2D eigenvalue weighted by molar-refractivity contribution is 7.90. The molecule has 1 N–H and O–H groups in total. The minimum absolute atomic E-state index is 0.0801. The molecule has 96 valence electrons. The predicted octanol–water partition coefficient (Wildman–Crippen LogP) is 1.90. The van der Waals surface area contributed by atoms with E-state index in [1.54, 1.807) is 12.1 Å². The van der Waals surface area contributed by atoms with Crippen LogP contribution in [0.2, 0.25) is 0 Å². The molecule has 2 rings (SSSR count). The molecule has 0 amide bonds. The second kappa shape index (κ2) is 4.89. The van der Waals surface area contributed by atoms with Gasteiger partial charge in [0.25, 0.3) is 5.16 Å². The van der Waals surface area contributed by atoms with Crippen LogP contribution in [0.4, 0.5) is 0 Å². The maximum Gasteiger partial charge on any atom is 0.267 e. The molecule has 0 radical (unpaired) electrons. The van der Waals surface area contributed by atoms with Gasteiger partial charge in [0, 0.05) is 5.92 Å². The van der Waals surface area contributed by atoms with Crippen LogP contribution in [0.1, 0.15) is 31.2 Å². The summed E-state index contributed by atoms with van der Waals surface area (Å²) in [6, 6.07) is 9.01. The number of nitrogens with one attached hydrogen (secondary N) is 1. The van der Waals surface area contributed by atoms with Gasteiger partial charge in [-0.1, -0.05) is 44.2 Å². The first-order valence-electron chi connectivity index (χ1n) is 5.68. The molecular weight excluding hydrogens is 250 g/mol. The summed E-state index contributed by atoms with van der Waals surface area (Å²) in [6.45, 7) is 3.85. The van der Waals surface area contributed by atoms with Gasteiger partial charge in [0.05, 0.1) is 5.75 Å². The second-order valence-electron chi connectivity index (χ2n) is 4.40. The number of aromatic nitrogens is 3. The van der Waals surface area contributed by atoms with Gasteiger partial charge in [-0.2, -0.15) is 0 Å². The van der Waals surface area contributed by atoms with E-state index in [1.165, 1.54) is 0 Å². The monoisotopic (exact) mass is 265 g/mol. The molecule has 1 aromatic carbocycles. The Morgan fingerprint density at radius 1 is 1.22 bits per heavy atom. The second-order valence-corrected chi connectivity index (χ2v) is 6.29. The fraction of sp³-hybridized carbons (Fsp3) is 0.333. The molecule has 0 atom stereocenters. The average molecular weight is 265 g/mol. The van der Waals surface area contributed by atoms with Gasteiger partial charge in [-0.3, -0.25) is 5.10 Å². The van der Waals surface area contributed by atoms with Crippen molar-refractivity contribution in [1.29, 1.82) is 0 Å². The number of sulfone groups is 1. The van der Waals surface area contributed by atoms with E-state index in [2.05, 4.69) is 15.2 Å². The Bertz CT molecular complexity index is 618. The van der Waals surface area contributed by atoms with E-state index in [0.29, 0.717) is 5.82 Å². The summed E-state index contributed by atoms with van der Waals surface area (Å²) < 4.78 is 24.2. The van der Waals surface area contributed by atoms with Gasteiger partial charge < -0.3 is 0 Å². The summed E-state index contributed by atoms with van der Waals surface area (Å²) in [7, 11) is -3.48. The molecule has 5 nitrogen and oxygen atoms in total. The van der Waals surface area contributed by atoms with Crippen molar-refractivity contribution >= 4 is 9.84 Å². The molecule has 0 bridgehead atoms. The highest BCUT2D eigenvalue weighted by Crippen LogP contribution is 2.15. The summed E-state index contributed by atoms with van der Waals surface area (Å²) in [4.78, 5) is 4.02. The van der Waals surface area contributed by atoms with Crippen molar-refractivity contribution < 1.29 is 8.42 Å². The maximum absolute atomic E-state index is 12.1. The van der Waals surface area contributed by atoms with Crippen molar-refractivity contribution in [3.8, 4) is 0 Å². The summed E-state index contributed by atoms with van der Waals surface area (Å²) in [5, 5.41) is 6.31. The molecule has 0 aliphatic carbocycles. The first-order chi connectivity index (χ1) is 8.49. The first-order valence-corrected chi connectivity index (χ1v) is 7.33. The van der Waals surface area contributed by atoms with Crippen LogP contribution in [-0.2, 0) is 15.6 Å². The molecule has 0 saturated heterocycles. The SMILES string of the molecule is CC(C)c1nc(S(=O)(=O)Cc2ccccc2)n[nH]1. The Morgan fingerprint density at radius 2 is 1.89 bits per heavy atom. The van der Waals surface area contributed by atoms with Crippen molar-refractivity contribution in [3.63, 3.8) is 0 Å². The molecule has 0 saturated carbocycles. The standard InChI is InChI=1S/C12H15N3O2S/c1-9(2)11-13-12(15-14-11)18(16,17)8-10-6-4-3-5-7-10/h3-7,9H,8H2,1-2H3,(H,13,14,15). The molecule has 0 unspecified atom stereocenters. The highest BCUT2D eigenvalue weighted by atomic mass is 32.2. The van der Waals surface area contributed by atoms with E-state index < -0.39 is 9.84 Å². The Labute approximate surface area is 106 Å². The fourth-order valence-electron chi connectivity index (χ4n) is 1.51. The largest absolute Gasteiger partial charge is 0.267 e. The Balaban J connectivity index is 2.25. The third kappa shape index (κ3) is 2.76. The van der Waals surface area contributed by atoms with Gasteiger partial charge in [0.2, 0.25) is 9.84 Å². The zero-order chi connectivity index (χ0) is 13.2. The molecular formula is C12H15N3O2S. The first kappa shape index (κ1) is 12.8. The zero-order valence-electron chi connectivity index (χ0n) is 10.3. The Morgan fingerprint density at radius 3 is 2.44 bits per heavy atom. The fourth-order valence-corrected chi connectivity index (χ4v) is 2.70. The number of nitrogens with zero attached hydrogens (tertiary/aromatic N) is 2. The van der Waals surface area contributed by atoms with Crippen molar-refractivity contribution in [2.45, 2.75) is 30.7 Å². The number of aromatic amines is 1. The Hall–Kier alpha value is -1.69. The van der Waals surface area contributed by atoms with Gasteiger partial charge >= 0.3 is 0 Å². The van der Waals surface area contributed by atoms with Crippen LogP contribution in [0.5, 0.6) is 0 Å². The van der Waals surface area contributed by atoms with E-state index >= 15 is 0 Å². The molecule has 18 heavy (non-hydrogen) atoms. The van der Waals surface area contributed by atoms with Crippen LogP contribution >= 0.6 is 0 Å². The summed E-state index contributed by atoms with van der Waals surface area (Å²) in [6.07, 6.45) is 0. The van der Waals surface area contributed by atoms with Crippen molar-refractivity contribution in [3.05, 3.63) is 41.7 Å². The number of benzene rings is 1. The van der Waals surface area contributed by atoms with Crippen LogP contribution in [0.15, 0.2) is 35.5 Å². The Kier molecular flexibility index (Phi) is 3.47. The normalized spacial score (nSPS) is 11.9. The number of hydrogen-bond acceptors (Lipinski definition) is 4. The van der Waals surface area contributed by atoms with Crippen LogP contribution in [-0.4, -0.2) is 23.6 Å². The third-order valence-corrected chi connectivity index (χ3v) is 3.96.